The maximum Gasteiger partial charge on any atom is 0.110 e. The highest BCUT2D eigenvalue weighted by Gasteiger charge is 2.04. The minimum Gasteiger partial charge on any atom is -0.346 e. The topological polar surface area (TPSA) is 28.7 Å². The van der Waals surface area contributed by atoms with Crippen LogP contribution in [0.25, 0.3) is 0 Å². The molecule has 92 valence electrons. The maximum absolute atomic E-state index is 4.57. The van der Waals surface area contributed by atoms with E-state index in [0.29, 0.717) is 0 Å². The van der Waals surface area contributed by atoms with Gasteiger partial charge in [-0.25, -0.2) is 4.98 Å². The van der Waals surface area contributed by atoms with Crippen LogP contribution >= 0.6 is 0 Å². The Hall–Kier alpha value is -1.57. The molecule has 1 aromatic heterocycles. The summed E-state index contributed by atoms with van der Waals surface area (Å²) < 4.78 is 0. The predicted molar refractivity (Wildman–Crippen MR) is 73.3 cm³/mol. The van der Waals surface area contributed by atoms with E-state index in [1.54, 1.807) is 0 Å². The zero-order valence-electron chi connectivity index (χ0n) is 11.2. The SMILES string of the molecule is CC.CCc1nc(Cc2ccccc2)[nH]c1C. The van der Waals surface area contributed by atoms with E-state index in [1.165, 1.54) is 17.0 Å². The van der Waals surface area contributed by atoms with Crippen LogP contribution in [-0.4, -0.2) is 9.97 Å². The fourth-order valence-electron chi connectivity index (χ4n) is 1.78. The number of aromatic amines is 1. The molecule has 1 aromatic carbocycles. The third-order valence-electron chi connectivity index (χ3n) is 2.58. The molecule has 0 aliphatic heterocycles. The Bertz CT molecular complexity index is 429. The number of H-pyrrole nitrogens is 1. The summed E-state index contributed by atoms with van der Waals surface area (Å²) in [5.41, 5.74) is 3.68. The molecular weight excluding hydrogens is 208 g/mol. The molecule has 2 nitrogen and oxygen atoms in total. The third kappa shape index (κ3) is 3.74. The Kier molecular flexibility index (Phi) is 5.47. The standard InChI is InChI=1S/C13H16N2.C2H6/c1-3-12-10(2)14-13(15-12)9-11-7-5-4-6-8-11;1-2/h4-8H,3,9H2,1-2H3,(H,14,15);1-2H3. The Balaban J connectivity index is 0.000000686. The Morgan fingerprint density at radius 2 is 1.76 bits per heavy atom. The zero-order valence-corrected chi connectivity index (χ0v) is 11.2. The van der Waals surface area contributed by atoms with Gasteiger partial charge in [-0.05, 0) is 18.9 Å². The van der Waals surface area contributed by atoms with Crippen molar-refractivity contribution in [3.63, 3.8) is 0 Å². The lowest BCUT2D eigenvalue weighted by atomic mass is 10.1. The number of aromatic nitrogens is 2. The Morgan fingerprint density at radius 1 is 1.12 bits per heavy atom. The van der Waals surface area contributed by atoms with Crippen LogP contribution in [0.4, 0.5) is 0 Å². The molecule has 0 saturated heterocycles. The highest BCUT2D eigenvalue weighted by atomic mass is 14.9. The largest absolute Gasteiger partial charge is 0.346 e. The molecule has 2 rings (SSSR count). The summed E-state index contributed by atoms with van der Waals surface area (Å²) in [6.07, 6.45) is 1.89. The van der Waals surface area contributed by atoms with Crippen LogP contribution in [0.2, 0.25) is 0 Å². The molecule has 0 aliphatic carbocycles. The van der Waals surface area contributed by atoms with Gasteiger partial charge in [0.25, 0.3) is 0 Å². The molecule has 2 heteroatoms. The number of hydrogen-bond donors (Lipinski definition) is 1. The summed E-state index contributed by atoms with van der Waals surface area (Å²) in [7, 11) is 0. The van der Waals surface area contributed by atoms with Crippen LogP contribution in [0.1, 0.15) is 43.5 Å². The lowest BCUT2D eigenvalue weighted by Gasteiger charge is -1.96. The van der Waals surface area contributed by atoms with Crippen molar-refractivity contribution in [1.29, 1.82) is 0 Å². The molecule has 0 radical (unpaired) electrons. The lowest BCUT2D eigenvalue weighted by Crippen LogP contribution is -1.90. The molecule has 0 fully saturated rings. The third-order valence-corrected chi connectivity index (χ3v) is 2.58. The number of nitrogens with zero attached hydrogens (tertiary/aromatic N) is 1. The zero-order chi connectivity index (χ0) is 12.7. The molecule has 0 aliphatic rings. The maximum atomic E-state index is 4.57. The highest BCUT2D eigenvalue weighted by Crippen LogP contribution is 2.10. The van der Waals surface area contributed by atoms with Gasteiger partial charge >= 0.3 is 0 Å². The predicted octanol–water partition coefficient (Wildman–Crippen LogP) is 3.90. The molecule has 17 heavy (non-hydrogen) atoms. The van der Waals surface area contributed by atoms with E-state index < -0.39 is 0 Å². The van der Waals surface area contributed by atoms with Crippen LogP contribution in [0, 0.1) is 6.92 Å². The minimum atomic E-state index is 0.891. The molecule has 0 unspecified atom stereocenters. The van der Waals surface area contributed by atoms with E-state index in [-0.39, 0.29) is 0 Å². The smallest absolute Gasteiger partial charge is 0.110 e. The van der Waals surface area contributed by atoms with E-state index >= 15 is 0 Å². The second kappa shape index (κ2) is 6.89. The van der Waals surface area contributed by atoms with E-state index in [4.69, 9.17) is 0 Å². The van der Waals surface area contributed by atoms with Crippen LogP contribution < -0.4 is 0 Å². The van der Waals surface area contributed by atoms with Crippen molar-refractivity contribution in [2.24, 2.45) is 0 Å². The second-order valence-corrected chi connectivity index (χ2v) is 3.77. The summed E-state index contributed by atoms with van der Waals surface area (Å²) in [5.74, 6) is 1.07. The number of nitrogens with one attached hydrogen (secondary N) is 1. The van der Waals surface area contributed by atoms with Crippen molar-refractivity contribution >= 4 is 0 Å². The van der Waals surface area contributed by atoms with Crippen LogP contribution in [0.3, 0.4) is 0 Å². The lowest BCUT2D eigenvalue weighted by molar-refractivity contribution is 0.988. The molecule has 0 spiro atoms. The van der Waals surface area contributed by atoms with Crippen molar-refractivity contribution in [1.82, 2.24) is 9.97 Å². The molecule has 0 bridgehead atoms. The number of rotatable bonds is 3. The van der Waals surface area contributed by atoms with Crippen LogP contribution in [0.15, 0.2) is 30.3 Å². The summed E-state index contributed by atoms with van der Waals surface area (Å²) >= 11 is 0. The van der Waals surface area contributed by atoms with Crippen molar-refractivity contribution in [3.05, 3.63) is 53.1 Å². The number of hydrogen-bond acceptors (Lipinski definition) is 1. The second-order valence-electron chi connectivity index (χ2n) is 3.77. The molecule has 0 amide bonds. The van der Waals surface area contributed by atoms with Gasteiger partial charge in [-0.2, -0.15) is 0 Å². The van der Waals surface area contributed by atoms with Gasteiger partial charge in [0.15, 0.2) is 0 Å². The van der Waals surface area contributed by atoms with Gasteiger partial charge in [-0.1, -0.05) is 51.1 Å². The number of imidazole rings is 1. The fraction of sp³-hybridized carbons (Fsp3) is 0.400. The van der Waals surface area contributed by atoms with Gasteiger partial charge in [-0.15, -0.1) is 0 Å². The molecule has 0 saturated carbocycles. The minimum absolute atomic E-state index is 0.891. The first-order valence-corrected chi connectivity index (χ1v) is 6.38. The van der Waals surface area contributed by atoms with Gasteiger partial charge in [-0.3, -0.25) is 0 Å². The van der Waals surface area contributed by atoms with Gasteiger partial charge in [0, 0.05) is 12.1 Å². The first-order chi connectivity index (χ1) is 8.29. The van der Waals surface area contributed by atoms with E-state index in [1.807, 2.05) is 19.9 Å². The van der Waals surface area contributed by atoms with Gasteiger partial charge < -0.3 is 4.98 Å². The summed E-state index contributed by atoms with van der Waals surface area (Å²) in [6, 6.07) is 10.4. The normalized spacial score (nSPS) is 9.65. The number of benzene rings is 1. The van der Waals surface area contributed by atoms with Crippen molar-refractivity contribution < 1.29 is 0 Å². The monoisotopic (exact) mass is 230 g/mol. The van der Waals surface area contributed by atoms with E-state index in [9.17, 15) is 0 Å². The molecular formula is C15H22N2. The summed E-state index contributed by atoms with van der Waals surface area (Å²) in [6.45, 7) is 8.22. The first-order valence-electron chi connectivity index (χ1n) is 6.38. The molecule has 1 heterocycles. The quantitative estimate of drug-likeness (QED) is 0.851. The Labute approximate surface area is 104 Å². The number of aryl methyl sites for hydroxylation is 2. The summed E-state index contributed by atoms with van der Waals surface area (Å²) in [4.78, 5) is 7.90. The average molecular weight is 230 g/mol. The van der Waals surface area contributed by atoms with Crippen molar-refractivity contribution in [2.75, 3.05) is 0 Å². The van der Waals surface area contributed by atoms with E-state index in [2.05, 4.69) is 48.1 Å². The van der Waals surface area contributed by atoms with Crippen molar-refractivity contribution in [2.45, 2.75) is 40.5 Å². The molecule has 0 atom stereocenters. The van der Waals surface area contributed by atoms with Crippen molar-refractivity contribution in [3.8, 4) is 0 Å². The fourth-order valence-corrected chi connectivity index (χ4v) is 1.78. The average Bonchev–Trinajstić information content (AvgIpc) is 2.73. The molecule has 1 N–H and O–H groups in total. The van der Waals surface area contributed by atoms with Crippen LogP contribution in [0.5, 0.6) is 0 Å². The first kappa shape index (κ1) is 13.5. The van der Waals surface area contributed by atoms with Gasteiger partial charge in [0.1, 0.15) is 5.82 Å². The van der Waals surface area contributed by atoms with Crippen LogP contribution in [-0.2, 0) is 12.8 Å². The van der Waals surface area contributed by atoms with Gasteiger partial charge in [0.05, 0.1) is 5.69 Å². The van der Waals surface area contributed by atoms with E-state index in [0.717, 1.165) is 18.7 Å². The summed E-state index contributed by atoms with van der Waals surface area (Å²) in [5, 5.41) is 0. The Morgan fingerprint density at radius 3 is 2.29 bits per heavy atom. The molecule has 2 aromatic rings. The van der Waals surface area contributed by atoms with Gasteiger partial charge in [0.2, 0.25) is 0 Å². The highest BCUT2D eigenvalue weighted by molar-refractivity contribution is 5.21.